The molecule has 0 saturated carbocycles. The maximum Gasteiger partial charge on any atom is 0.256 e. The predicted molar refractivity (Wildman–Crippen MR) is 106 cm³/mol. The van der Waals surface area contributed by atoms with E-state index in [1.54, 1.807) is 22.9 Å². The third kappa shape index (κ3) is 3.35. The van der Waals surface area contributed by atoms with E-state index >= 15 is 0 Å². The number of aromatic nitrogens is 2. The van der Waals surface area contributed by atoms with Crippen molar-refractivity contribution in [2.75, 3.05) is 5.32 Å². The van der Waals surface area contributed by atoms with Gasteiger partial charge in [0.1, 0.15) is 0 Å². The normalized spacial score (nSPS) is 14.1. The number of anilines is 1. The van der Waals surface area contributed by atoms with Gasteiger partial charge in [-0.05, 0) is 24.3 Å². The zero-order valence-electron chi connectivity index (χ0n) is 14.3. The molecular weight excluding hydrogens is 360 g/mol. The molecule has 0 fully saturated rings. The Morgan fingerprint density at radius 3 is 2.81 bits per heavy atom. The summed E-state index contributed by atoms with van der Waals surface area (Å²) in [4.78, 5) is 12.5. The predicted octanol–water partition coefficient (Wildman–Crippen LogP) is 4.61. The Hall–Kier alpha value is -3.36. The van der Waals surface area contributed by atoms with E-state index in [0.29, 0.717) is 23.6 Å². The fraction of sp³-hybridized carbons (Fsp3) is 0.0952. The van der Waals surface area contributed by atoms with Crippen LogP contribution in [0.2, 0.25) is 5.02 Å². The Bertz CT molecular complexity index is 1090. The quantitative estimate of drug-likeness (QED) is 0.678. The number of hydrogen-bond donors (Lipinski definition) is 1. The summed E-state index contributed by atoms with van der Waals surface area (Å²) in [5, 5.41) is 16.9. The molecule has 2 aromatic carbocycles. The molecule has 0 radical (unpaired) electrons. The second-order valence-corrected chi connectivity index (χ2v) is 6.61. The van der Waals surface area contributed by atoms with Crippen LogP contribution in [0.1, 0.15) is 17.5 Å². The van der Waals surface area contributed by atoms with E-state index < -0.39 is 0 Å². The second-order valence-electron chi connectivity index (χ2n) is 6.17. The van der Waals surface area contributed by atoms with Gasteiger partial charge < -0.3 is 5.32 Å². The minimum atomic E-state index is -0.170. The van der Waals surface area contributed by atoms with Gasteiger partial charge in [0, 0.05) is 39.2 Å². The molecule has 3 aromatic rings. The summed E-state index contributed by atoms with van der Waals surface area (Å²) in [5.74, 6) is -0.170. The molecule has 0 saturated heterocycles. The minimum absolute atomic E-state index is 0.170. The molecule has 132 valence electrons. The van der Waals surface area contributed by atoms with E-state index in [1.165, 1.54) is 0 Å². The van der Waals surface area contributed by atoms with Crippen molar-refractivity contribution < 1.29 is 4.79 Å². The molecule has 0 atom stereocenters. The topological polar surface area (TPSA) is 70.7 Å². The molecule has 0 bridgehead atoms. The number of carbonyl (C=O) groups excluding carboxylic acids is 1. The average molecular weight is 375 g/mol. The summed E-state index contributed by atoms with van der Waals surface area (Å²) in [6.07, 6.45) is 4.06. The lowest BCUT2D eigenvalue weighted by Crippen LogP contribution is -2.03. The molecule has 1 aliphatic rings. The molecule has 0 unspecified atom stereocenters. The van der Waals surface area contributed by atoms with Crippen molar-refractivity contribution in [2.45, 2.75) is 13.0 Å². The first-order valence-corrected chi connectivity index (χ1v) is 8.86. The Kier molecular flexibility index (Phi) is 4.49. The first-order valence-electron chi connectivity index (χ1n) is 8.48. The summed E-state index contributed by atoms with van der Waals surface area (Å²) in [6, 6.07) is 17.2. The molecule has 0 spiro atoms. The summed E-state index contributed by atoms with van der Waals surface area (Å²) in [7, 11) is 0. The molecule has 1 amide bonds. The van der Waals surface area contributed by atoms with E-state index in [2.05, 4.69) is 16.5 Å². The van der Waals surface area contributed by atoms with Crippen molar-refractivity contribution in [2.24, 2.45) is 0 Å². The van der Waals surface area contributed by atoms with E-state index in [4.69, 9.17) is 16.9 Å². The van der Waals surface area contributed by atoms with Crippen molar-refractivity contribution >= 4 is 34.8 Å². The highest BCUT2D eigenvalue weighted by Gasteiger charge is 2.25. The van der Waals surface area contributed by atoms with Crippen LogP contribution >= 0.6 is 11.6 Å². The number of nitriles is 1. The highest BCUT2D eigenvalue weighted by atomic mass is 35.5. The number of aryl methyl sites for hydroxylation is 1. The number of amides is 1. The maximum atomic E-state index is 12.5. The fourth-order valence-corrected chi connectivity index (χ4v) is 3.27. The van der Waals surface area contributed by atoms with E-state index in [1.807, 2.05) is 42.6 Å². The van der Waals surface area contributed by atoms with Crippen LogP contribution in [-0.2, 0) is 11.3 Å². The van der Waals surface area contributed by atoms with Gasteiger partial charge in [-0.3, -0.25) is 9.48 Å². The number of hydrogen-bond acceptors (Lipinski definition) is 3. The van der Waals surface area contributed by atoms with Gasteiger partial charge in [-0.2, -0.15) is 10.4 Å². The van der Waals surface area contributed by atoms with Crippen molar-refractivity contribution in [3.63, 3.8) is 0 Å². The molecule has 2 heterocycles. The lowest BCUT2D eigenvalue weighted by Gasteiger charge is -2.01. The molecule has 5 nitrogen and oxygen atoms in total. The van der Waals surface area contributed by atoms with Crippen LogP contribution in [0, 0.1) is 11.3 Å². The van der Waals surface area contributed by atoms with Crippen molar-refractivity contribution in [3.05, 3.63) is 70.9 Å². The minimum Gasteiger partial charge on any atom is -0.321 e. The van der Waals surface area contributed by atoms with E-state index in [0.717, 1.165) is 28.1 Å². The number of halogens is 1. The van der Waals surface area contributed by atoms with E-state index in [-0.39, 0.29) is 5.91 Å². The number of fused-ring (bicyclic) bond motifs is 1. The monoisotopic (exact) mass is 374 g/mol. The van der Waals surface area contributed by atoms with Crippen LogP contribution in [0.25, 0.3) is 22.9 Å². The summed E-state index contributed by atoms with van der Waals surface area (Å²) in [5.41, 5.74) is 4.60. The Balaban J connectivity index is 1.83. The van der Waals surface area contributed by atoms with Crippen LogP contribution in [0.15, 0.2) is 54.7 Å². The van der Waals surface area contributed by atoms with Crippen molar-refractivity contribution in [1.29, 1.82) is 5.26 Å². The van der Waals surface area contributed by atoms with Crippen molar-refractivity contribution in [1.82, 2.24) is 9.78 Å². The van der Waals surface area contributed by atoms with Gasteiger partial charge in [-0.1, -0.05) is 41.9 Å². The average Bonchev–Trinajstić information content (AvgIpc) is 3.22. The zero-order valence-corrected chi connectivity index (χ0v) is 15.1. The molecule has 27 heavy (non-hydrogen) atoms. The molecule has 1 N–H and O–H groups in total. The van der Waals surface area contributed by atoms with Crippen LogP contribution < -0.4 is 5.32 Å². The number of benzene rings is 2. The molecular formula is C21H15ClN4O. The highest BCUT2D eigenvalue weighted by Crippen LogP contribution is 2.36. The van der Waals surface area contributed by atoms with Crippen LogP contribution in [-0.4, -0.2) is 15.7 Å². The molecule has 0 aliphatic carbocycles. The summed E-state index contributed by atoms with van der Waals surface area (Å²) < 4.78 is 1.74. The standard InChI is InChI=1S/C21H15ClN4O/c22-16-7-8-19-17(12-16)18(21(27)24-19)11-15-13-26(10-4-9-23)25-20(15)14-5-2-1-3-6-14/h1-3,5-8,11-13H,4,10H2,(H,24,27)/b18-11+. The maximum absolute atomic E-state index is 12.5. The van der Waals surface area contributed by atoms with Gasteiger partial charge in [0.25, 0.3) is 5.91 Å². The second kappa shape index (κ2) is 7.10. The highest BCUT2D eigenvalue weighted by molar-refractivity contribution is 6.36. The largest absolute Gasteiger partial charge is 0.321 e. The Morgan fingerprint density at radius 1 is 1.22 bits per heavy atom. The first-order chi connectivity index (χ1) is 13.2. The lowest BCUT2D eigenvalue weighted by atomic mass is 10.0. The summed E-state index contributed by atoms with van der Waals surface area (Å²) >= 11 is 6.11. The molecule has 1 aromatic heterocycles. The number of carbonyl (C=O) groups is 1. The molecule has 4 rings (SSSR count). The lowest BCUT2D eigenvalue weighted by molar-refractivity contribution is -0.110. The SMILES string of the molecule is N#CCCn1cc(/C=C2/C(=O)Nc3ccc(Cl)cc32)c(-c2ccccc2)n1. The number of nitrogens with one attached hydrogen (secondary N) is 1. The molecule has 1 aliphatic heterocycles. The Labute approximate surface area is 161 Å². The van der Waals surface area contributed by atoms with Gasteiger partial charge in [0.15, 0.2) is 0 Å². The van der Waals surface area contributed by atoms with Gasteiger partial charge in [-0.15, -0.1) is 0 Å². The first kappa shape index (κ1) is 17.1. The van der Waals surface area contributed by atoms with Crippen LogP contribution in [0.5, 0.6) is 0 Å². The summed E-state index contributed by atoms with van der Waals surface area (Å²) in [6.45, 7) is 0.494. The smallest absolute Gasteiger partial charge is 0.256 e. The number of nitrogens with zero attached hydrogens (tertiary/aromatic N) is 3. The van der Waals surface area contributed by atoms with E-state index in [9.17, 15) is 4.79 Å². The fourth-order valence-electron chi connectivity index (χ4n) is 3.10. The third-order valence-electron chi connectivity index (χ3n) is 4.35. The zero-order chi connectivity index (χ0) is 18.8. The number of rotatable bonds is 4. The van der Waals surface area contributed by atoms with Gasteiger partial charge >= 0.3 is 0 Å². The van der Waals surface area contributed by atoms with Crippen LogP contribution in [0.3, 0.4) is 0 Å². The van der Waals surface area contributed by atoms with Gasteiger partial charge in [0.05, 0.1) is 24.7 Å². The van der Waals surface area contributed by atoms with Crippen LogP contribution in [0.4, 0.5) is 5.69 Å². The van der Waals surface area contributed by atoms with Gasteiger partial charge in [0.2, 0.25) is 0 Å². The Morgan fingerprint density at radius 2 is 2.04 bits per heavy atom. The van der Waals surface area contributed by atoms with Crippen molar-refractivity contribution in [3.8, 4) is 17.3 Å². The third-order valence-corrected chi connectivity index (χ3v) is 4.59. The van der Waals surface area contributed by atoms with Gasteiger partial charge in [-0.25, -0.2) is 0 Å². The molecule has 6 heteroatoms.